The number of carbonyl (C=O) groups excluding carboxylic acids is 1. The minimum Gasteiger partial charge on any atom is -0.493 e. The van der Waals surface area contributed by atoms with Crippen LogP contribution in [0.3, 0.4) is 0 Å². The molecule has 3 aliphatic rings. The molecule has 0 spiro atoms. The molecule has 7 heteroatoms. The number of halogens is 1. The number of hydrogen-bond donors (Lipinski definition) is 1. The van der Waals surface area contributed by atoms with Crippen molar-refractivity contribution in [3.63, 3.8) is 0 Å². The third-order valence-electron chi connectivity index (χ3n) is 6.03. The molecule has 5 rings (SSSR count). The third kappa shape index (κ3) is 3.93. The highest BCUT2D eigenvalue weighted by Gasteiger charge is 2.35. The molecular formula is C24H23ClN2O4. The van der Waals surface area contributed by atoms with E-state index in [0.29, 0.717) is 35.4 Å². The summed E-state index contributed by atoms with van der Waals surface area (Å²) < 4.78 is 11.2. The van der Waals surface area contributed by atoms with Crippen molar-refractivity contribution >= 4 is 28.8 Å². The van der Waals surface area contributed by atoms with Crippen molar-refractivity contribution in [2.45, 2.75) is 25.4 Å². The summed E-state index contributed by atoms with van der Waals surface area (Å²) in [7, 11) is 1.57. The number of aliphatic hydroxyl groups is 1. The van der Waals surface area contributed by atoms with E-state index in [9.17, 15) is 9.90 Å². The fourth-order valence-corrected chi connectivity index (χ4v) is 4.20. The zero-order valence-electron chi connectivity index (χ0n) is 17.2. The zero-order chi connectivity index (χ0) is 21.5. The highest BCUT2D eigenvalue weighted by atomic mass is 35.5. The second-order valence-corrected chi connectivity index (χ2v) is 8.59. The molecular weight excluding hydrogens is 416 g/mol. The number of ether oxygens (including phenoxy) is 2. The molecule has 1 aliphatic heterocycles. The quantitative estimate of drug-likeness (QED) is 0.706. The minimum absolute atomic E-state index is 0.00455. The van der Waals surface area contributed by atoms with E-state index in [1.165, 1.54) is 0 Å². The summed E-state index contributed by atoms with van der Waals surface area (Å²) in [6, 6.07) is 9.14. The number of carbonyl (C=O) groups is 1. The number of rotatable bonds is 7. The van der Waals surface area contributed by atoms with Gasteiger partial charge in [-0.25, -0.2) is 0 Å². The maximum Gasteiger partial charge on any atom is 0.255 e. The third-order valence-corrected chi connectivity index (χ3v) is 6.25. The Bertz CT molecular complexity index is 1090. The number of amides is 1. The average molecular weight is 439 g/mol. The summed E-state index contributed by atoms with van der Waals surface area (Å²) in [5.41, 5.74) is 4.45. The Morgan fingerprint density at radius 1 is 1.26 bits per heavy atom. The van der Waals surface area contributed by atoms with E-state index < -0.39 is 6.10 Å². The van der Waals surface area contributed by atoms with Crippen molar-refractivity contribution in [2.75, 3.05) is 25.2 Å². The van der Waals surface area contributed by atoms with E-state index >= 15 is 0 Å². The maximum absolute atomic E-state index is 13.1. The van der Waals surface area contributed by atoms with Crippen LogP contribution in [0.15, 0.2) is 53.8 Å². The number of aromatic nitrogens is 1. The molecule has 2 heterocycles. The zero-order valence-corrected chi connectivity index (χ0v) is 17.9. The van der Waals surface area contributed by atoms with Gasteiger partial charge in [0.15, 0.2) is 11.5 Å². The van der Waals surface area contributed by atoms with Gasteiger partial charge >= 0.3 is 0 Å². The highest BCUT2D eigenvalue weighted by molar-refractivity contribution is 6.30. The second kappa shape index (κ2) is 8.02. The number of anilines is 1. The van der Waals surface area contributed by atoms with E-state index in [2.05, 4.69) is 11.1 Å². The molecule has 1 amide bonds. The Kier molecular flexibility index (Phi) is 5.20. The molecule has 6 nitrogen and oxygen atoms in total. The lowest BCUT2D eigenvalue weighted by molar-refractivity contribution is -0.114. The van der Waals surface area contributed by atoms with E-state index in [-0.39, 0.29) is 12.5 Å². The molecule has 1 fully saturated rings. The first-order chi connectivity index (χ1) is 15.0. The van der Waals surface area contributed by atoms with Gasteiger partial charge in [0, 0.05) is 29.9 Å². The standard InChI is InChI=1S/C24H23ClN2O4/c1-30-23-10-18(5-7-22(23)31-13-21(28)14-2-3-14)27-12-16-8-15(9-19(16)24(27)29)20-6-4-17(25)11-26-20/h4-8,10-11,14,21,28H,2-3,9,12-13H2,1H3. The maximum atomic E-state index is 13.1. The van der Waals surface area contributed by atoms with E-state index in [0.717, 1.165) is 40.9 Å². The highest BCUT2D eigenvalue weighted by Crippen LogP contribution is 2.41. The summed E-state index contributed by atoms with van der Waals surface area (Å²) in [5, 5.41) is 10.6. The van der Waals surface area contributed by atoms with Crippen molar-refractivity contribution in [2.24, 2.45) is 5.92 Å². The van der Waals surface area contributed by atoms with Crippen molar-refractivity contribution in [1.82, 2.24) is 4.98 Å². The van der Waals surface area contributed by atoms with Gasteiger partial charge < -0.3 is 19.5 Å². The summed E-state index contributed by atoms with van der Waals surface area (Å²) in [5.74, 6) is 1.45. The van der Waals surface area contributed by atoms with E-state index in [1.54, 1.807) is 24.3 Å². The summed E-state index contributed by atoms with van der Waals surface area (Å²) >= 11 is 5.93. The number of methoxy groups -OCH3 is 1. The van der Waals surface area contributed by atoms with Crippen molar-refractivity contribution in [3.05, 3.63) is 64.5 Å². The lowest BCUT2D eigenvalue weighted by atomic mass is 10.1. The topological polar surface area (TPSA) is 71.9 Å². The smallest absolute Gasteiger partial charge is 0.255 e. The number of nitrogens with zero attached hydrogens (tertiary/aromatic N) is 2. The molecule has 1 aromatic heterocycles. The molecule has 31 heavy (non-hydrogen) atoms. The molecule has 0 radical (unpaired) electrons. The molecule has 1 unspecified atom stereocenters. The number of aliphatic hydroxyl groups excluding tert-OH is 1. The van der Waals surface area contributed by atoms with Gasteiger partial charge in [0.05, 0.1) is 30.5 Å². The number of benzene rings is 1. The normalized spacial score (nSPS) is 18.9. The van der Waals surface area contributed by atoms with Crippen LogP contribution in [-0.2, 0) is 4.79 Å². The predicted molar refractivity (Wildman–Crippen MR) is 118 cm³/mol. The fraction of sp³-hybridized carbons (Fsp3) is 0.333. The SMILES string of the molecule is COc1cc(N2CC3=C(CC(c4ccc(Cl)cn4)=C3)C2=O)ccc1OCC(O)C1CC1. The first-order valence-corrected chi connectivity index (χ1v) is 10.8. The van der Waals surface area contributed by atoms with Gasteiger partial charge in [0.1, 0.15) is 6.61 Å². The molecule has 2 aliphatic carbocycles. The van der Waals surface area contributed by atoms with Crippen LogP contribution in [0.4, 0.5) is 5.69 Å². The molecule has 2 aromatic rings. The summed E-state index contributed by atoms with van der Waals surface area (Å²) in [6.07, 6.45) is 5.90. The molecule has 0 saturated heterocycles. The van der Waals surface area contributed by atoms with Crippen molar-refractivity contribution in [1.29, 1.82) is 0 Å². The van der Waals surface area contributed by atoms with Gasteiger partial charge in [-0.1, -0.05) is 17.7 Å². The number of hydrogen-bond acceptors (Lipinski definition) is 5. The van der Waals surface area contributed by atoms with Gasteiger partial charge in [0.2, 0.25) is 0 Å². The van der Waals surface area contributed by atoms with E-state index in [1.807, 2.05) is 24.3 Å². The fourth-order valence-electron chi connectivity index (χ4n) is 4.09. The molecule has 1 N–H and O–H groups in total. The monoisotopic (exact) mass is 438 g/mol. The van der Waals surface area contributed by atoms with Crippen LogP contribution in [0.2, 0.25) is 5.02 Å². The minimum atomic E-state index is -0.451. The van der Waals surface area contributed by atoms with Crippen LogP contribution in [0.1, 0.15) is 25.0 Å². The number of allylic oxidation sites excluding steroid dienone is 1. The Morgan fingerprint density at radius 2 is 2.10 bits per heavy atom. The van der Waals surface area contributed by atoms with Gasteiger partial charge in [0.25, 0.3) is 5.91 Å². The number of pyridine rings is 1. The van der Waals surface area contributed by atoms with Gasteiger partial charge in [-0.05, 0) is 54.2 Å². The van der Waals surface area contributed by atoms with Crippen molar-refractivity contribution < 1.29 is 19.4 Å². The molecule has 1 atom stereocenters. The largest absolute Gasteiger partial charge is 0.493 e. The summed E-state index contributed by atoms with van der Waals surface area (Å²) in [4.78, 5) is 19.2. The molecule has 160 valence electrons. The van der Waals surface area contributed by atoms with Gasteiger partial charge in [-0.2, -0.15) is 0 Å². The Hall–Kier alpha value is -2.83. The van der Waals surface area contributed by atoms with Gasteiger partial charge in [-0.3, -0.25) is 9.78 Å². The van der Waals surface area contributed by atoms with Crippen LogP contribution >= 0.6 is 11.6 Å². The molecule has 1 saturated carbocycles. The van der Waals surface area contributed by atoms with Crippen LogP contribution < -0.4 is 14.4 Å². The van der Waals surface area contributed by atoms with Crippen molar-refractivity contribution in [3.8, 4) is 11.5 Å². The lowest BCUT2D eigenvalue weighted by Crippen LogP contribution is -2.27. The Balaban J connectivity index is 1.30. The summed E-state index contributed by atoms with van der Waals surface area (Å²) in [6.45, 7) is 0.750. The van der Waals surface area contributed by atoms with Gasteiger partial charge in [-0.15, -0.1) is 0 Å². The Morgan fingerprint density at radius 3 is 2.77 bits per heavy atom. The predicted octanol–water partition coefficient (Wildman–Crippen LogP) is 4.02. The van der Waals surface area contributed by atoms with E-state index in [4.69, 9.17) is 21.1 Å². The lowest BCUT2D eigenvalue weighted by Gasteiger charge is -2.20. The first-order valence-electron chi connectivity index (χ1n) is 10.4. The Labute approximate surface area is 185 Å². The average Bonchev–Trinajstić information content (AvgIpc) is 3.48. The molecule has 1 aromatic carbocycles. The van der Waals surface area contributed by atoms with Crippen LogP contribution in [-0.4, -0.2) is 42.4 Å². The molecule has 0 bridgehead atoms. The van der Waals surface area contributed by atoms with Crippen LogP contribution in [0.5, 0.6) is 11.5 Å². The van der Waals surface area contributed by atoms with Crippen LogP contribution in [0.25, 0.3) is 5.57 Å². The van der Waals surface area contributed by atoms with Crippen LogP contribution in [0, 0.1) is 5.92 Å². The first kappa shape index (κ1) is 20.1. The second-order valence-electron chi connectivity index (χ2n) is 8.15.